The molecule has 16 nitrogen and oxygen atoms in total. The zero-order valence-corrected chi connectivity index (χ0v) is 37.9. The van der Waals surface area contributed by atoms with Gasteiger partial charge in [0.15, 0.2) is 0 Å². The largest absolute Gasteiger partial charge is 0.458 e. The van der Waals surface area contributed by atoms with Gasteiger partial charge in [0, 0.05) is 60.7 Å². The molecule has 1 spiro atoms. The number of piperidine rings is 1. The van der Waals surface area contributed by atoms with E-state index in [9.17, 15) is 24.0 Å². The molecule has 6 N–H and O–H groups in total. The normalized spacial score (nSPS) is 15.9. The minimum Gasteiger partial charge on any atom is -0.458 e. The standard InChI is InChI=1S/C49H61N9O7/c1-47(2,3)65-42(59)38(22-14-15-25-50-46(63)64-31-33-16-8-6-9-17-33)54-43(60)48(4,5)40-30-52-41(56-40)39(28-34-29-51-37-21-13-12-20-36(34)37)55-45(62)57-26-23-49(24-27-57)44(61)53-32-58(49)35-18-10-7-11-19-35/h6-13,16-21,29-30,38-39,51H,14-15,22-28,31-32H2,1-5H3,(H,50,63)(H,52,56)(H,53,61)(H,54,60)(H,55,62). The lowest BCUT2D eigenvalue weighted by molar-refractivity contribution is -0.159. The van der Waals surface area contributed by atoms with Crippen LogP contribution >= 0.6 is 0 Å². The Morgan fingerprint density at radius 2 is 1.57 bits per heavy atom. The van der Waals surface area contributed by atoms with Crippen LogP contribution in [0.4, 0.5) is 15.3 Å². The van der Waals surface area contributed by atoms with Gasteiger partial charge in [-0.15, -0.1) is 0 Å². The number of nitrogens with one attached hydrogen (secondary N) is 6. The topological polar surface area (TPSA) is 203 Å². The first kappa shape index (κ1) is 46.2. The van der Waals surface area contributed by atoms with Crippen molar-refractivity contribution in [2.75, 3.05) is 31.2 Å². The second-order valence-electron chi connectivity index (χ2n) is 18.4. The number of para-hydroxylation sites is 2. The number of amides is 5. The fourth-order valence-corrected chi connectivity index (χ4v) is 8.44. The number of fused-ring (bicyclic) bond motifs is 1. The van der Waals surface area contributed by atoms with E-state index in [2.05, 4.69) is 36.1 Å². The quantitative estimate of drug-likeness (QED) is 0.0472. The summed E-state index contributed by atoms with van der Waals surface area (Å²) in [7, 11) is 0. The number of carbonyl (C=O) groups excluding carboxylic acids is 5. The molecule has 344 valence electrons. The molecule has 2 saturated heterocycles. The highest BCUT2D eigenvalue weighted by Crippen LogP contribution is 2.36. The molecule has 2 atom stereocenters. The van der Waals surface area contributed by atoms with E-state index in [-0.39, 0.29) is 25.0 Å². The molecule has 0 radical (unpaired) electrons. The Labute approximate surface area is 379 Å². The Morgan fingerprint density at radius 1 is 0.877 bits per heavy atom. The van der Waals surface area contributed by atoms with Crippen LogP contribution in [0, 0.1) is 0 Å². The van der Waals surface area contributed by atoms with Crippen LogP contribution in [0.2, 0.25) is 0 Å². The van der Waals surface area contributed by atoms with Crippen LogP contribution in [0.15, 0.2) is 97.3 Å². The van der Waals surface area contributed by atoms with Gasteiger partial charge in [0.25, 0.3) is 0 Å². The van der Waals surface area contributed by atoms with Crippen LogP contribution in [0.25, 0.3) is 10.9 Å². The van der Waals surface area contributed by atoms with E-state index in [1.807, 2.05) is 91.1 Å². The van der Waals surface area contributed by atoms with Crippen LogP contribution in [-0.2, 0) is 42.3 Å². The monoisotopic (exact) mass is 887 g/mol. The summed E-state index contributed by atoms with van der Waals surface area (Å²) in [6, 6.07) is 25.3. The molecule has 0 saturated carbocycles. The highest BCUT2D eigenvalue weighted by atomic mass is 16.6. The van der Waals surface area contributed by atoms with Crippen molar-refractivity contribution in [3.8, 4) is 0 Å². The number of aromatic amines is 2. The Bertz CT molecular complexity index is 2440. The predicted molar refractivity (Wildman–Crippen MR) is 247 cm³/mol. The summed E-state index contributed by atoms with van der Waals surface area (Å²) >= 11 is 0. The average molecular weight is 888 g/mol. The first-order valence-electron chi connectivity index (χ1n) is 22.4. The van der Waals surface area contributed by atoms with Gasteiger partial charge >= 0.3 is 18.1 Å². The van der Waals surface area contributed by atoms with Gasteiger partial charge in [0.2, 0.25) is 11.8 Å². The maximum Gasteiger partial charge on any atom is 0.407 e. The van der Waals surface area contributed by atoms with E-state index < -0.39 is 46.6 Å². The molecular formula is C49H61N9O7. The molecule has 4 heterocycles. The van der Waals surface area contributed by atoms with Crippen LogP contribution in [0.1, 0.15) is 95.4 Å². The molecule has 2 aliphatic heterocycles. The lowest BCUT2D eigenvalue weighted by Gasteiger charge is -2.43. The number of hydrogen-bond acceptors (Lipinski definition) is 9. The molecule has 5 aromatic rings. The SMILES string of the molecule is CC(C)(C)OC(=O)C(CCCCNC(=O)OCc1ccccc1)NC(=O)C(C)(C)c1cnc(C(Cc2c[nH]c3ccccc23)NC(=O)N2CCC3(CC2)C(=O)NCN3c2ccccc2)[nH]1. The van der Waals surface area contributed by atoms with Crippen molar-refractivity contribution in [1.29, 1.82) is 0 Å². The first-order chi connectivity index (χ1) is 31.1. The Kier molecular flexibility index (Phi) is 14.1. The second-order valence-corrected chi connectivity index (χ2v) is 18.4. The van der Waals surface area contributed by atoms with Crippen LogP contribution < -0.4 is 26.2 Å². The molecule has 2 unspecified atom stereocenters. The van der Waals surface area contributed by atoms with E-state index in [1.165, 1.54) is 0 Å². The number of urea groups is 1. The molecule has 0 aliphatic carbocycles. The van der Waals surface area contributed by atoms with E-state index >= 15 is 0 Å². The number of rotatable bonds is 16. The molecule has 2 aromatic heterocycles. The second kappa shape index (κ2) is 19.9. The third-order valence-electron chi connectivity index (χ3n) is 12.2. The van der Waals surface area contributed by atoms with Crippen LogP contribution in [0.5, 0.6) is 0 Å². The summed E-state index contributed by atoms with van der Waals surface area (Å²) in [6.45, 7) is 10.4. The number of anilines is 1. The van der Waals surface area contributed by atoms with Crippen molar-refractivity contribution in [1.82, 2.24) is 41.1 Å². The number of esters is 1. The fourth-order valence-electron chi connectivity index (χ4n) is 8.44. The Hall–Kier alpha value is -6.84. The maximum atomic E-state index is 14.2. The summed E-state index contributed by atoms with van der Waals surface area (Å²) in [5.41, 5.74) is 1.52. The lowest BCUT2D eigenvalue weighted by Crippen LogP contribution is -2.58. The van der Waals surface area contributed by atoms with Gasteiger partial charge in [0.05, 0.1) is 18.1 Å². The zero-order chi connectivity index (χ0) is 46.2. The molecule has 2 aliphatic rings. The average Bonchev–Trinajstić information content (AvgIpc) is 4.03. The molecule has 2 fully saturated rings. The van der Waals surface area contributed by atoms with E-state index in [0.29, 0.717) is 69.9 Å². The zero-order valence-electron chi connectivity index (χ0n) is 37.9. The summed E-state index contributed by atoms with van der Waals surface area (Å²) in [5.74, 6) is -0.561. The van der Waals surface area contributed by atoms with Crippen molar-refractivity contribution in [3.63, 3.8) is 0 Å². The highest BCUT2D eigenvalue weighted by molar-refractivity contribution is 5.94. The van der Waals surface area contributed by atoms with E-state index in [4.69, 9.17) is 14.5 Å². The third-order valence-corrected chi connectivity index (χ3v) is 12.2. The lowest BCUT2D eigenvalue weighted by atomic mass is 9.85. The number of nitrogens with zero attached hydrogens (tertiary/aromatic N) is 3. The number of likely N-dealkylation sites (tertiary alicyclic amines) is 1. The molecule has 65 heavy (non-hydrogen) atoms. The number of carbonyl (C=O) groups is 5. The van der Waals surface area contributed by atoms with Crippen molar-refractivity contribution in [3.05, 3.63) is 120 Å². The number of ether oxygens (including phenoxy) is 2. The molecular weight excluding hydrogens is 827 g/mol. The summed E-state index contributed by atoms with van der Waals surface area (Å²) in [5, 5.41) is 12.9. The van der Waals surface area contributed by atoms with E-state index in [1.54, 1.807) is 45.7 Å². The number of alkyl carbamates (subject to hydrolysis) is 1. The minimum absolute atomic E-state index is 0.0305. The molecule has 16 heteroatoms. The number of aromatic nitrogens is 3. The number of hydrogen-bond donors (Lipinski definition) is 6. The summed E-state index contributed by atoms with van der Waals surface area (Å²) in [4.78, 5) is 82.7. The first-order valence-corrected chi connectivity index (χ1v) is 22.4. The van der Waals surface area contributed by atoms with Crippen molar-refractivity contribution in [2.24, 2.45) is 0 Å². The summed E-state index contributed by atoms with van der Waals surface area (Å²) < 4.78 is 11.0. The number of H-pyrrole nitrogens is 2. The molecule has 0 bridgehead atoms. The summed E-state index contributed by atoms with van der Waals surface area (Å²) in [6.07, 6.45) is 5.61. The number of unbranched alkanes of at least 4 members (excludes halogenated alkanes) is 1. The van der Waals surface area contributed by atoms with Gasteiger partial charge in [0.1, 0.15) is 29.6 Å². The molecule has 7 rings (SSSR count). The van der Waals surface area contributed by atoms with Crippen molar-refractivity contribution in [2.45, 2.75) is 108 Å². The van der Waals surface area contributed by atoms with Gasteiger partial charge < -0.3 is 50.5 Å². The number of imidazole rings is 1. The van der Waals surface area contributed by atoms with Gasteiger partial charge in [-0.1, -0.05) is 66.7 Å². The Balaban J connectivity index is 1.02. The Morgan fingerprint density at radius 3 is 2.29 bits per heavy atom. The molecule has 3 aromatic carbocycles. The predicted octanol–water partition coefficient (Wildman–Crippen LogP) is 6.51. The minimum atomic E-state index is -1.20. The van der Waals surface area contributed by atoms with Gasteiger partial charge in [-0.05, 0) is 96.0 Å². The highest BCUT2D eigenvalue weighted by Gasteiger charge is 2.51. The van der Waals surface area contributed by atoms with Crippen LogP contribution in [0.3, 0.4) is 0 Å². The maximum absolute atomic E-state index is 14.2. The molecule has 5 amide bonds. The van der Waals surface area contributed by atoms with Gasteiger partial charge in [-0.25, -0.2) is 19.4 Å². The van der Waals surface area contributed by atoms with Crippen molar-refractivity contribution < 1.29 is 33.4 Å². The van der Waals surface area contributed by atoms with E-state index in [0.717, 1.165) is 27.7 Å². The van der Waals surface area contributed by atoms with Crippen LogP contribution in [-0.4, -0.2) is 93.2 Å². The van der Waals surface area contributed by atoms with Gasteiger partial charge in [-0.3, -0.25) is 9.59 Å². The third kappa shape index (κ3) is 11.1. The van der Waals surface area contributed by atoms with Gasteiger partial charge in [-0.2, -0.15) is 0 Å². The number of benzene rings is 3. The smallest absolute Gasteiger partial charge is 0.407 e. The van der Waals surface area contributed by atoms with Crippen molar-refractivity contribution >= 4 is 46.5 Å². The fraction of sp³-hybridized carbons (Fsp3) is 0.429.